The number of aromatic nitrogens is 2. The molecule has 4 aromatic rings. The molecule has 2 aromatic heterocycles. The van der Waals surface area contributed by atoms with Crippen LogP contribution >= 0.6 is 0 Å². The molecule has 0 spiro atoms. The van der Waals surface area contributed by atoms with E-state index in [0.717, 1.165) is 12.3 Å². The summed E-state index contributed by atoms with van der Waals surface area (Å²) in [5.41, 5.74) is 7.21. The summed E-state index contributed by atoms with van der Waals surface area (Å²) < 4.78 is 87.2. The summed E-state index contributed by atoms with van der Waals surface area (Å²) in [6, 6.07) is 9.54. The molecule has 1 atom stereocenters. The minimum absolute atomic E-state index is 0.0682. The van der Waals surface area contributed by atoms with Crippen molar-refractivity contribution >= 4 is 26.8 Å². The molecule has 39 heavy (non-hydrogen) atoms. The maximum absolute atomic E-state index is 14.8. The number of benzene rings is 2. The van der Waals surface area contributed by atoms with E-state index in [2.05, 4.69) is 4.98 Å². The molecule has 0 saturated heterocycles. The van der Waals surface area contributed by atoms with E-state index in [4.69, 9.17) is 10.5 Å². The predicted octanol–water partition coefficient (Wildman–Crippen LogP) is 4.73. The van der Waals surface area contributed by atoms with Crippen molar-refractivity contribution < 1.29 is 35.5 Å². The third-order valence-electron chi connectivity index (χ3n) is 6.19. The van der Waals surface area contributed by atoms with E-state index in [0.29, 0.717) is 35.9 Å². The van der Waals surface area contributed by atoms with Crippen LogP contribution in [0.25, 0.3) is 28.0 Å². The van der Waals surface area contributed by atoms with Crippen LogP contribution in [0.3, 0.4) is 0 Å². The summed E-state index contributed by atoms with van der Waals surface area (Å²) in [6.07, 6.45) is -3.56. The monoisotopic (exact) mass is 564 g/mol. The molecule has 2 aromatic carbocycles. The van der Waals surface area contributed by atoms with Crippen LogP contribution in [0.2, 0.25) is 0 Å². The summed E-state index contributed by atoms with van der Waals surface area (Å²) in [5.74, 6) is -0.946. The van der Waals surface area contributed by atoms with Gasteiger partial charge in [-0.2, -0.15) is 17.9 Å². The number of nitrogens with two attached hydrogens (primary N) is 1. The Morgan fingerprint density at radius 1 is 1.18 bits per heavy atom. The fourth-order valence-corrected chi connectivity index (χ4v) is 5.35. The first kappa shape index (κ1) is 28.0. The van der Waals surface area contributed by atoms with Crippen LogP contribution in [0.4, 0.5) is 17.6 Å². The minimum atomic E-state index is -4.79. The number of methoxy groups -OCH3 is 1. The van der Waals surface area contributed by atoms with Gasteiger partial charge >= 0.3 is 6.18 Å². The highest BCUT2D eigenvalue weighted by Crippen LogP contribution is 2.38. The number of halogens is 4. The number of hydrogen-bond acceptors (Lipinski definition) is 5. The number of amides is 1. The molecule has 0 fully saturated rings. The molecule has 0 radical (unpaired) electrons. The van der Waals surface area contributed by atoms with E-state index >= 15 is 0 Å². The van der Waals surface area contributed by atoms with Crippen molar-refractivity contribution in [2.24, 2.45) is 5.73 Å². The van der Waals surface area contributed by atoms with Gasteiger partial charge in [0.25, 0.3) is 5.91 Å². The average molecular weight is 565 g/mol. The zero-order chi connectivity index (χ0) is 28.7. The number of aryl methyl sites for hydroxylation is 1. The largest absolute Gasteiger partial charge is 0.497 e. The predicted molar refractivity (Wildman–Crippen MR) is 137 cm³/mol. The normalized spacial score (nSPS) is 13.0. The van der Waals surface area contributed by atoms with Gasteiger partial charge in [0.1, 0.15) is 22.5 Å². The summed E-state index contributed by atoms with van der Waals surface area (Å²) in [6.45, 7) is 2.45. The van der Waals surface area contributed by atoms with E-state index in [1.807, 2.05) is 0 Å². The number of pyridine rings is 1. The molecule has 0 aliphatic carbocycles. The molecule has 0 saturated carbocycles. The zero-order valence-electron chi connectivity index (χ0n) is 21.0. The van der Waals surface area contributed by atoms with Crippen molar-refractivity contribution in [2.75, 3.05) is 7.11 Å². The van der Waals surface area contributed by atoms with Crippen LogP contribution in [0.1, 0.15) is 29.8 Å². The topological polar surface area (TPSA) is 116 Å². The third-order valence-corrected chi connectivity index (χ3v) is 7.71. The van der Waals surface area contributed by atoms with Crippen LogP contribution in [-0.4, -0.2) is 43.2 Å². The number of fused-ring (bicyclic) bond motifs is 1. The third kappa shape index (κ3) is 5.32. The average Bonchev–Trinajstić information content (AvgIpc) is 3.21. The van der Waals surface area contributed by atoms with E-state index in [1.165, 1.54) is 19.2 Å². The standard InChI is InChI=1S/C26H24F4N4O4S/c1-4-15-10-22-19(12-20(15)27)23(25(31)35)24(34(22)16-6-5-7-17(11-16)38-3)21-9-8-18(13-32-21)39(36,37)33-14(2)26(28,29)30/h5-14,33H,4H2,1-3H3,(H2,31,35). The first-order valence-corrected chi connectivity index (χ1v) is 13.1. The number of carbonyl (C=O) groups is 1. The molecule has 1 amide bonds. The number of ether oxygens (including phenoxy) is 1. The number of nitrogens with one attached hydrogen (secondary N) is 1. The number of nitrogens with zero attached hydrogens (tertiary/aromatic N) is 2. The maximum atomic E-state index is 14.8. The quantitative estimate of drug-likeness (QED) is 0.300. The zero-order valence-corrected chi connectivity index (χ0v) is 21.8. The molecule has 4 rings (SSSR count). The van der Waals surface area contributed by atoms with Crippen LogP contribution < -0.4 is 15.2 Å². The Hall–Kier alpha value is -3.97. The van der Waals surface area contributed by atoms with E-state index in [1.54, 1.807) is 46.5 Å². The van der Waals surface area contributed by atoms with E-state index in [-0.39, 0.29) is 22.3 Å². The fourth-order valence-electron chi connectivity index (χ4n) is 4.18. The van der Waals surface area contributed by atoms with Crippen molar-refractivity contribution in [3.63, 3.8) is 0 Å². The van der Waals surface area contributed by atoms with Gasteiger partial charge in [-0.05, 0) is 55.3 Å². The number of primary amides is 1. The molecular weight excluding hydrogens is 540 g/mol. The fraction of sp³-hybridized carbons (Fsp3) is 0.231. The van der Waals surface area contributed by atoms with Gasteiger partial charge in [-0.3, -0.25) is 9.78 Å². The Labute approximate surface area is 221 Å². The van der Waals surface area contributed by atoms with E-state index in [9.17, 15) is 30.8 Å². The van der Waals surface area contributed by atoms with Crippen molar-refractivity contribution in [1.82, 2.24) is 14.3 Å². The molecule has 206 valence electrons. The second kappa shape index (κ2) is 10.3. The first-order valence-electron chi connectivity index (χ1n) is 11.6. The molecule has 8 nitrogen and oxygen atoms in total. The molecule has 0 aliphatic rings. The van der Waals surface area contributed by atoms with Crippen LogP contribution in [-0.2, 0) is 16.4 Å². The number of rotatable bonds is 8. The lowest BCUT2D eigenvalue weighted by Gasteiger charge is -2.17. The Kier molecular flexibility index (Phi) is 7.41. The number of alkyl halides is 3. The summed E-state index contributed by atoms with van der Waals surface area (Å²) in [7, 11) is -3.10. The number of carbonyl (C=O) groups excluding carboxylic acids is 1. The highest BCUT2D eigenvalue weighted by atomic mass is 32.2. The lowest BCUT2D eigenvalue weighted by molar-refractivity contribution is -0.147. The summed E-state index contributed by atoms with van der Waals surface area (Å²) >= 11 is 0. The molecule has 13 heteroatoms. The highest BCUT2D eigenvalue weighted by molar-refractivity contribution is 7.89. The van der Waals surface area contributed by atoms with E-state index < -0.39 is 38.9 Å². The Balaban J connectivity index is 1.98. The first-order chi connectivity index (χ1) is 18.3. The number of sulfonamides is 1. The Morgan fingerprint density at radius 2 is 1.90 bits per heavy atom. The van der Waals surface area contributed by atoms with Gasteiger partial charge in [0, 0.05) is 23.3 Å². The van der Waals surface area contributed by atoms with Gasteiger partial charge < -0.3 is 15.0 Å². The molecule has 0 aliphatic heterocycles. The van der Waals surface area contributed by atoms with Crippen LogP contribution in [0.5, 0.6) is 5.75 Å². The van der Waals surface area contributed by atoms with Gasteiger partial charge in [0.2, 0.25) is 10.0 Å². The highest BCUT2D eigenvalue weighted by Gasteiger charge is 2.39. The van der Waals surface area contributed by atoms with Crippen molar-refractivity contribution in [3.05, 3.63) is 71.7 Å². The lowest BCUT2D eigenvalue weighted by Crippen LogP contribution is -2.42. The summed E-state index contributed by atoms with van der Waals surface area (Å²) in [4.78, 5) is 16.3. The second-order valence-corrected chi connectivity index (χ2v) is 10.4. The smallest absolute Gasteiger partial charge is 0.404 e. The lowest BCUT2D eigenvalue weighted by atomic mass is 10.0. The van der Waals surface area contributed by atoms with Crippen molar-refractivity contribution in [3.8, 4) is 22.8 Å². The van der Waals surface area contributed by atoms with Gasteiger partial charge in [-0.15, -0.1) is 0 Å². The van der Waals surface area contributed by atoms with Gasteiger partial charge in [-0.1, -0.05) is 13.0 Å². The van der Waals surface area contributed by atoms with Crippen LogP contribution in [0, 0.1) is 5.82 Å². The van der Waals surface area contributed by atoms with Gasteiger partial charge in [-0.25, -0.2) is 12.8 Å². The van der Waals surface area contributed by atoms with Crippen LogP contribution in [0.15, 0.2) is 59.6 Å². The van der Waals surface area contributed by atoms with Crippen molar-refractivity contribution in [1.29, 1.82) is 0 Å². The summed E-state index contributed by atoms with van der Waals surface area (Å²) in [5, 5.41) is 0.203. The molecule has 3 N–H and O–H groups in total. The maximum Gasteiger partial charge on any atom is 0.404 e. The number of hydrogen-bond donors (Lipinski definition) is 2. The second-order valence-electron chi connectivity index (χ2n) is 8.70. The molecule has 2 heterocycles. The Morgan fingerprint density at radius 3 is 2.46 bits per heavy atom. The van der Waals surface area contributed by atoms with Crippen molar-refractivity contribution in [2.45, 2.75) is 37.4 Å². The molecular formula is C26H24F4N4O4S. The SMILES string of the molecule is CCc1cc2c(cc1F)c(C(N)=O)c(-c1ccc(S(=O)(=O)NC(C)C(F)(F)F)cn1)n2-c1cccc(OC)c1. The molecule has 1 unspecified atom stereocenters. The Bertz CT molecular complexity index is 1670. The van der Waals surface area contributed by atoms with Gasteiger partial charge in [0.05, 0.1) is 29.6 Å². The van der Waals surface area contributed by atoms with Gasteiger partial charge in [0.15, 0.2) is 0 Å². The minimum Gasteiger partial charge on any atom is -0.497 e. The molecule has 0 bridgehead atoms.